The Morgan fingerprint density at radius 3 is 2.48 bits per heavy atom. The Morgan fingerprint density at radius 1 is 1.10 bits per heavy atom. The monoisotopic (exact) mass is 418 g/mol. The number of carbonyl (C=O) groups is 1. The summed E-state index contributed by atoms with van der Waals surface area (Å²) in [5.41, 5.74) is 9.72. The van der Waals surface area contributed by atoms with Gasteiger partial charge in [0.1, 0.15) is 5.82 Å². The van der Waals surface area contributed by atoms with E-state index in [2.05, 4.69) is 10.4 Å². The van der Waals surface area contributed by atoms with E-state index in [0.717, 1.165) is 61.9 Å². The number of nitrogens with two attached hydrogens (primary N) is 1. The van der Waals surface area contributed by atoms with E-state index in [1.165, 1.54) is 18.6 Å². The number of aromatic nitrogens is 2. The smallest absolute Gasteiger partial charge is 0.272 e. The second-order valence-corrected chi connectivity index (χ2v) is 8.70. The number of rotatable bonds is 3. The van der Waals surface area contributed by atoms with Crippen molar-refractivity contribution in [2.45, 2.75) is 63.5 Å². The quantitative estimate of drug-likeness (QED) is 0.800. The Kier molecular flexibility index (Phi) is 5.67. The maximum absolute atomic E-state index is 13.3. The van der Waals surface area contributed by atoms with Crippen LogP contribution in [0.4, 0.5) is 4.39 Å². The lowest BCUT2D eigenvalue weighted by atomic mass is 9.67. The molecule has 5 rings (SSSR count). The molecule has 156 valence electrons. The lowest BCUT2D eigenvalue weighted by Crippen LogP contribution is -2.53. The van der Waals surface area contributed by atoms with Crippen molar-refractivity contribution in [1.29, 1.82) is 0 Å². The normalized spacial score (nSPS) is 27.8. The SMILES string of the molecule is Cl.NC1CC2CCCC(C1)C2NC(=O)c1nn(-c2ccc(F)cc2)c2c1CCC2. The van der Waals surface area contributed by atoms with Crippen LogP contribution >= 0.6 is 12.4 Å². The summed E-state index contributed by atoms with van der Waals surface area (Å²) in [6.07, 6.45) is 8.35. The molecule has 0 aliphatic heterocycles. The number of hydrogen-bond acceptors (Lipinski definition) is 3. The van der Waals surface area contributed by atoms with Gasteiger partial charge < -0.3 is 11.1 Å². The van der Waals surface area contributed by atoms with Crippen molar-refractivity contribution in [1.82, 2.24) is 15.1 Å². The van der Waals surface area contributed by atoms with Gasteiger partial charge in [0.25, 0.3) is 5.91 Å². The van der Waals surface area contributed by atoms with Gasteiger partial charge in [-0.3, -0.25) is 4.79 Å². The van der Waals surface area contributed by atoms with Gasteiger partial charge in [-0.2, -0.15) is 5.10 Å². The number of fused-ring (bicyclic) bond motifs is 3. The zero-order valence-electron chi connectivity index (χ0n) is 16.4. The van der Waals surface area contributed by atoms with E-state index in [4.69, 9.17) is 5.73 Å². The molecule has 2 saturated carbocycles. The fourth-order valence-corrected chi connectivity index (χ4v) is 5.66. The zero-order chi connectivity index (χ0) is 19.3. The summed E-state index contributed by atoms with van der Waals surface area (Å²) in [7, 11) is 0. The van der Waals surface area contributed by atoms with Crippen molar-refractivity contribution in [2.75, 3.05) is 0 Å². The predicted molar refractivity (Wildman–Crippen MR) is 112 cm³/mol. The van der Waals surface area contributed by atoms with Crippen LogP contribution in [0.15, 0.2) is 24.3 Å². The van der Waals surface area contributed by atoms with Crippen LogP contribution in [-0.4, -0.2) is 27.8 Å². The number of hydrogen-bond donors (Lipinski definition) is 2. The fourth-order valence-electron chi connectivity index (χ4n) is 5.66. The summed E-state index contributed by atoms with van der Waals surface area (Å²) in [4.78, 5) is 13.2. The standard InChI is InChI=1S/C22H27FN4O.ClH/c23-15-7-9-17(10-8-15)27-19-6-2-5-18(19)21(26-27)22(28)25-20-13-3-1-4-14(20)12-16(24)11-13;/h7-10,13-14,16,20H,1-6,11-12,24H2,(H,25,28);1H. The average molecular weight is 419 g/mol. The molecule has 2 bridgehead atoms. The minimum Gasteiger partial charge on any atom is -0.347 e. The van der Waals surface area contributed by atoms with Crippen LogP contribution < -0.4 is 11.1 Å². The summed E-state index contributed by atoms with van der Waals surface area (Å²) in [6.45, 7) is 0. The van der Waals surface area contributed by atoms with Gasteiger partial charge in [0.05, 0.1) is 5.69 Å². The Morgan fingerprint density at radius 2 is 1.79 bits per heavy atom. The Balaban J connectivity index is 0.00000205. The molecule has 2 aromatic rings. The summed E-state index contributed by atoms with van der Waals surface area (Å²) >= 11 is 0. The molecule has 5 nitrogen and oxygen atoms in total. The number of amides is 1. The van der Waals surface area contributed by atoms with Gasteiger partial charge in [0.2, 0.25) is 0 Å². The van der Waals surface area contributed by atoms with Gasteiger partial charge in [-0.15, -0.1) is 12.4 Å². The van der Waals surface area contributed by atoms with Crippen LogP contribution in [0.3, 0.4) is 0 Å². The van der Waals surface area contributed by atoms with Crippen molar-refractivity contribution >= 4 is 18.3 Å². The molecule has 3 N–H and O–H groups in total. The molecule has 0 saturated heterocycles. The highest BCUT2D eigenvalue weighted by Crippen LogP contribution is 2.40. The molecule has 29 heavy (non-hydrogen) atoms. The summed E-state index contributed by atoms with van der Waals surface area (Å²) in [6, 6.07) is 6.79. The van der Waals surface area contributed by atoms with Gasteiger partial charge >= 0.3 is 0 Å². The highest BCUT2D eigenvalue weighted by atomic mass is 35.5. The Bertz CT molecular complexity index is 883. The molecular formula is C22H28ClFN4O. The van der Waals surface area contributed by atoms with E-state index >= 15 is 0 Å². The van der Waals surface area contributed by atoms with E-state index in [-0.39, 0.29) is 36.2 Å². The number of halogens is 2. The van der Waals surface area contributed by atoms with Crippen LogP contribution in [0, 0.1) is 17.7 Å². The molecule has 3 aliphatic carbocycles. The number of carbonyl (C=O) groups excluding carboxylic acids is 1. The number of nitrogens with zero attached hydrogens (tertiary/aromatic N) is 2. The predicted octanol–water partition coefficient (Wildman–Crippen LogP) is 3.56. The van der Waals surface area contributed by atoms with E-state index in [0.29, 0.717) is 17.5 Å². The van der Waals surface area contributed by atoms with Crippen LogP contribution in [0.25, 0.3) is 5.69 Å². The Hall–Kier alpha value is -1.92. The largest absolute Gasteiger partial charge is 0.347 e. The van der Waals surface area contributed by atoms with Crippen molar-refractivity contribution in [3.05, 3.63) is 47.0 Å². The lowest BCUT2D eigenvalue weighted by Gasteiger charge is -2.45. The van der Waals surface area contributed by atoms with Gasteiger partial charge in [-0.25, -0.2) is 9.07 Å². The number of benzene rings is 1. The number of nitrogens with one attached hydrogen (secondary N) is 1. The van der Waals surface area contributed by atoms with Crippen LogP contribution in [0.1, 0.15) is 60.3 Å². The molecule has 1 aromatic heterocycles. The summed E-state index contributed by atoms with van der Waals surface area (Å²) in [5, 5.41) is 7.99. The first-order valence-electron chi connectivity index (χ1n) is 10.5. The summed E-state index contributed by atoms with van der Waals surface area (Å²) in [5.74, 6) is 0.640. The molecule has 0 spiro atoms. The van der Waals surface area contributed by atoms with Crippen molar-refractivity contribution < 1.29 is 9.18 Å². The third-order valence-corrected chi connectivity index (χ3v) is 6.89. The molecule has 3 aliphatic rings. The van der Waals surface area contributed by atoms with E-state index in [9.17, 15) is 9.18 Å². The maximum atomic E-state index is 13.3. The first-order chi connectivity index (χ1) is 13.6. The van der Waals surface area contributed by atoms with E-state index in [1.54, 1.807) is 12.1 Å². The second kappa shape index (κ2) is 8.07. The third kappa shape index (κ3) is 3.68. The molecule has 1 heterocycles. The van der Waals surface area contributed by atoms with Crippen LogP contribution in [-0.2, 0) is 12.8 Å². The molecule has 0 radical (unpaired) electrons. The minimum atomic E-state index is -0.271. The van der Waals surface area contributed by atoms with Gasteiger partial charge in [-0.05, 0) is 81.0 Å². The lowest BCUT2D eigenvalue weighted by molar-refractivity contribution is 0.0750. The van der Waals surface area contributed by atoms with Gasteiger partial charge in [-0.1, -0.05) is 6.42 Å². The molecule has 2 fully saturated rings. The topological polar surface area (TPSA) is 72.9 Å². The van der Waals surface area contributed by atoms with E-state index < -0.39 is 0 Å². The first-order valence-corrected chi connectivity index (χ1v) is 10.5. The highest BCUT2D eigenvalue weighted by molar-refractivity contribution is 5.94. The zero-order valence-corrected chi connectivity index (χ0v) is 17.3. The molecule has 2 unspecified atom stereocenters. The molecule has 7 heteroatoms. The maximum Gasteiger partial charge on any atom is 0.272 e. The second-order valence-electron chi connectivity index (χ2n) is 8.70. The third-order valence-electron chi connectivity index (χ3n) is 6.89. The van der Waals surface area contributed by atoms with Gasteiger partial charge in [0, 0.05) is 23.3 Å². The van der Waals surface area contributed by atoms with Gasteiger partial charge in [0.15, 0.2) is 5.69 Å². The Labute approximate surface area is 176 Å². The van der Waals surface area contributed by atoms with Crippen LogP contribution in [0.2, 0.25) is 0 Å². The molecule has 1 amide bonds. The van der Waals surface area contributed by atoms with E-state index in [1.807, 2.05) is 4.68 Å². The fraction of sp³-hybridized carbons (Fsp3) is 0.545. The van der Waals surface area contributed by atoms with Crippen molar-refractivity contribution in [3.63, 3.8) is 0 Å². The minimum absolute atomic E-state index is 0. The molecule has 1 aromatic carbocycles. The van der Waals surface area contributed by atoms with Crippen molar-refractivity contribution in [3.8, 4) is 5.69 Å². The van der Waals surface area contributed by atoms with Crippen molar-refractivity contribution in [2.24, 2.45) is 17.6 Å². The molecular weight excluding hydrogens is 391 g/mol. The molecule has 2 atom stereocenters. The highest BCUT2D eigenvalue weighted by Gasteiger charge is 2.40. The average Bonchev–Trinajstić information content (AvgIpc) is 3.26. The first kappa shape index (κ1) is 20.4. The summed E-state index contributed by atoms with van der Waals surface area (Å²) < 4.78 is 15.1. The van der Waals surface area contributed by atoms with Crippen LogP contribution in [0.5, 0.6) is 0 Å².